The predicted molar refractivity (Wildman–Crippen MR) is 87.5 cm³/mol. The number of ether oxygens (including phenoxy) is 2. The van der Waals surface area contributed by atoms with Crippen LogP contribution >= 0.6 is 0 Å². The molecule has 2 saturated heterocycles. The molecule has 0 N–H and O–H groups in total. The lowest BCUT2D eigenvalue weighted by molar-refractivity contribution is -0.133. The molecule has 2 aliphatic heterocycles. The molecule has 132 valence electrons. The van der Waals surface area contributed by atoms with Crippen LogP contribution < -0.4 is 4.74 Å². The number of carbonyl (C=O) groups excluding carboxylic acids is 1. The molecular formula is C16H22N2O5S. The van der Waals surface area contributed by atoms with Gasteiger partial charge in [0.15, 0.2) is 9.84 Å². The quantitative estimate of drug-likeness (QED) is 0.789. The van der Waals surface area contributed by atoms with Gasteiger partial charge >= 0.3 is 0 Å². The van der Waals surface area contributed by atoms with Crippen molar-refractivity contribution in [2.24, 2.45) is 0 Å². The minimum atomic E-state index is -3.29. The number of piperidine rings is 1. The SMILES string of the molecule is CS(=O)(=O)CC(=O)N1CCC2(CC1)C[C@H](Oc1ccccn1)CO2. The van der Waals surface area contributed by atoms with E-state index < -0.39 is 15.6 Å². The van der Waals surface area contributed by atoms with Crippen LogP contribution in [0.3, 0.4) is 0 Å². The lowest BCUT2D eigenvalue weighted by Crippen LogP contribution is -2.48. The first-order valence-electron chi connectivity index (χ1n) is 8.02. The Morgan fingerprint density at radius 3 is 2.79 bits per heavy atom. The van der Waals surface area contributed by atoms with Crippen molar-refractivity contribution in [2.75, 3.05) is 31.7 Å². The summed E-state index contributed by atoms with van der Waals surface area (Å²) >= 11 is 0. The van der Waals surface area contributed by atoms with Crippen LogP contribution in [-0.2, 0) is 19.4 Å². The van der Waals surface area contributed by atoms with E-state index in [1.165, 1.54) is 0 Å². The maximum absolute atomic E-state index is 12.0. The smallest absolute Gasteiger partial charge is 0.237 e. The van der Waals surface area contributed by atoms with Gasteiger partial charge in [0, 0.05) is 38.0 Å². The maximum Gasteiger partial charge on any atom is 0.237 e. The van der Waals surface area contributed by atoms with E-state index in [1.807, 2.05) is 18.2 Å². The number of carbonyl (C=O) groups is 1. The van der Waals surface area contributed by atoms with E-state index in [0.29, 0.717) is 38.4 Å². The molecule has 3 heterocycles. The fourth-order valence-corrected chi connectivity index (χ4v) is 3.92. The van der Waals surface area contributed by atoms with Gasteiger partial charge in [-0.15, -0.1) is 0 Å². The van der Waals surface area contributed by atoms with Crippen molar-refractivity contribution in [3.8, 4) is 5.88 Å². The fourth-order valence-electron chi connectivity index (χ4n) is 3.29. The fraction of sp³-hybridized carbons (Fsp3) is 0.625. The average Bonchev–Trinajstić information content (AvgIpc) is 2.90. The first-order chi connectivity index (χ1) is 11.4. The Morgan fingerprint density at radius 1 is 1.42 bits per heavy atom. The van der Waals surface area contributed by atoms with E-state index in [1.54, 1.807) is 11.1 Å². The maximum atomic E-state index is 12.0. The second-order valence-electron chi connectivity index (χ2n) is 6.56. The van der Waals surface area contributed by atoms with E-state index in [-0.39, 0.29) is 17.6 Å². The minimum absolute atomic E-state index is 0.0434. The summed E-state index contributed by atoms with van der Waals surface area (Å²) in [5.41, 5.74) is -0.276. The molecule has 0 radical (unpaired) electrons. The normalized spacial score (nSPS) is 23.4. The third kappa shape index (κ3) is 4.24. The molecule has 8 heteroatoms. The zero-order valence-corrected chi connectivity index (χ0v) is 14.5. The Balaban J connectivity index is 1.52. The van der Waals surface area contributed by atoms with Crippen molar-refractivity contribution < 1.29 is 22.7 Å². The Labute approximate surface area is 141 Å². The number of nitrogens with zero attached hydrogens (tertiary/aromatic N) is 2. The van der Waals surface area contributed by atoms with Crippen LogP contribution in [0.15, 0.2) is 24.4 Å². The molecule has 2 fully saturated rings. The molecule has 1 aromatic rings. The molecule has 2 aliphatic rings. The van der Waals surface area contributed by atoms with Crippen LogP contribution in [0.25, 0.3) is 0 Å². The summed E-state index contributed by atoms with van der Waals surface area (Å²) in [6, 6.07) is 5.53. The number of pyridine rings is 1. The zero-order chi connectivity index (χ0) is 17.2. The molecule has 0 aromatic carbocycles. The van der Waals surface area contributed by atoms with E-state index in [2.05, 4.69) is 4.98 Å². The summed E-state index contributed by atoms with van der Waals surface area (Å²) in [7, 11) is -3.29. The van der Waals surface area contributed by atoms with Crippen molar-refractivity contribution in [1.29, 1.82) is 0 Å². The highest BCUT2D eigenvalue weighted by Gasteiger charge is 2.44. The van der Waals surface area contributed by atoms with Gasteiger partial charge in [0.1, 0.15) is 11.9 Å². The second kappa shape index (κ2) is 6.68. The number of likely N-dealkylation sites (tertiary alicyclic amines) is 1. The van der Waals surface area contributed by atoms with Gasteiger partial charge < -0.3 is 14.4 Å². The van der Waals surface area contributed by atoms with Crippen LogP contribution in [0.5, 0.6) is 5.88 Å². The summed E-state index contributed by atoms with van der Waals surface area (Å²) in [4.78, 5) is 17.8. The summed E-state index contributed by atoms with van der Waals surface area (Å²) in [5, 5.41) is 0. The molecule has 1 aromatic heterocycles. The van der Waals surface area contributed by atoms with Crippen molar-refractivity contribution in [1.82, 2.24) is 9.88 Å². The highest BCUT2D eigenvalue weighted by molar-refractivity contribution is 7.91. The molecule has 0 saturated carbocycles. The van der Waals surface area contributed by atoms with Crippen molar-refractivity contribution in [3.63, 3.8) is 0 Å². The molecule has 3 rings (SSSR count). The van der Waals surface area contributed by atoms with Gasteiger partial charge in [-0.25, -0.2) is 13.4 Å². The topological polar surface area (TPSA) is 85.8 Å². The van der Waals surface area contributed by atoms with E-state index in [9.17, 15) is 13.2 Å². The van der Waals surface area contributed by atoms with Crippen LogP contribution in [0.1, 0.15) is 19.3 Å². The lowest BCUT2D eigenvalue weighted by Gasteiger charge is -2.38. The van der Waals surface area contributed by atoms with Crippen molar-refractivity contribution >= 4 is 15.7 Å². The number of hydrogen-bond acceptors (Lipinski definition) is 6. The predicted octanol–water partition coefficient (Wildman–Crippen LogP) is 0.655. The number of rotatable bonds is 4. The second-order valence-corrected chi connectivity index (χ2v) is 8.70. The monoisotopic (exact) mass is 354 g/mol. The summed E-state index contributed by atoms with van der Waals surface area (Å²) < 4.78 is 34.3. The van der Waals surface area contributed by atoms with Crippen LogP contribution in [0, 0.1) is 0 Å². The third-order valence-corrected chi connectivity index (χ3v) is 5.28. The molecule has 0 bridgehead atoms. The number of hydrogen-bond donors (Lipinski definition) is 0. The summed E-state index contributed by atoms with van der Waals surface area (Å²) in [6.45, 7) is 1.54. The molecule has 1 atom stereocenters. The Hall–Kier alpha value is -1.67. The molecule has 1 amide bonds. The Morgan fingerprint density at radius 2 is 2.17 bits per heavy atom. The number of amides is 1. The molecule has 24 heavy (non-hydrogen) atoms. The van der Waals surface area contributed by atoms with Gasteiger partial charge in [-0.2, -0.15) is 0 Å². The Bertz CT molecular complexity index is 684. The van der Waals surface area contributed by atoms with Gasteiger partial charge in [0.25, 0.3) is 0 Å². The number of aromatic nitrogens is 1. The number of sulfone groups is 1. The Kier molecular flexibility index (Phi) is 4.78. The molecule has 0 aliphatic carbocycles. The first-order valence-corrected chi connectivity index (χ1v) is 10.1. The van der Waals surface area contributed by atoms with Crippen molar-refractivity contribution in [3.05, 3.63) is 24.4 Å². The first kappa shape index (κ1) is 17.2. The van der Waals surface area contributed by atoms with E-state index in [0.717, 1.165) is 12.7 Å². The van der Waals surface area contributed by atoms with Crippen LogP contribution in [0.2, 0.25) is 0 Å². The van der Waals surface area contributed by atoms with Crippen molar-refractivity contribution in [2.45, 2.75) is 31.0 Å². The van der Waals surface area contributed by atoms with Gasteiger partial charge in [0.05, 0.1) is 12.2 Å². The van der Waals surface area contributed by atoms with Crippen LogP contribution in [0.4, 0.5) is 0 Å². The standard InChI is InChI=1S/C16H22N2O5S/c1-24(20,21)12-15(19)18-8-5-16(6-9-18)10-13(11-22-16)23-14-4-2-3-7-17-14/h2-4,7,13H,5-6,8-12H2,1H3/t13-/m0/s1. The van der Waals surface area contributed by atoms with E-state index >= 15 is 0 Å². The van der Waals surface area contributed by atoms with Gasteiger partial charge in [-0.05, 0) is 18.9 Å². The largest absolute Gasteiger partial charge is 0.472 e. The molecule has 7 nitrogen and oxygen atoms in total. The average molecular weight is 354 g/mol. The van der Waals surface area contributed by atoms with Gasteiger partial charge in [-0.3, -0.25) is 4.79 Å². The summed E-state index contributed by atoms with van der Waals surface area (Å²) in [5.74, 6) is -0.165. The highest BCUT2D eigenvalue weighted by Crippen LogP contribution is 2.37. The lowest BCUT2D eigenvalue weighted by atomic mass is 9.88. The molecular weight excluding hydrogens is 332 g/mol. The zero-order valence-electron chi connectivity index (χ0n) is 13.7. The molecule has 1 spiro atoms. The highest BCUT2D eigenvalue weighted by atomic mass is 32.2. The molecule has 0 unspecified atom stereocenters. The summed E-state index contributed by atoms with van der Waals surface area (Å²) in [6.07, 6.45) is 4.88. The van der Waals surface area contributed by atoms with Gasteiger partial charge in [-0.1, -0.05) is 6.07 Å². The van der Waals surface area contributed by atoms with Gasteiger partial charge in [0.2, 0.25) is 11.8 Å². The third-order valence-electron chi connectivity index (χ3n) is 4.51. The van der Waals surface area contributed by atoms with Crippen LogP contribution in [-0.4, -0.2) is 67.6 Å². The minimum Gasteiger partial charge on any atom is -0.472 e. The van der Waals surface area contributed by atoms with E-state index in [4.69, 9.17) is 9.47 Å².